The minimum Gasteiger partial charge on any atom is -0.493 e. The van der Waals surface area contributed by atoms with Crippen LogP contribution in [0, 0.1) is 0 Å². The molecule has 2 aromatic carbocycles. The first-order valence-electron chi connectivity index (χ1n) is 10.2. The highest BCUT2D eigenvalue weighted by molar-refractivity contribution is 7.92. The zero-order valence-corrected chi connectivity index (χ0v) is 18.1. The van der Waals surface area contributed by atoms with E-state index in [1.54, 1.807) is 36.4 Å². The number of rotatable bonds is 4. The number of anilines is 1. The fourth-order valence-corrected chi connectivity index (χ4v) is 5.60. The molecule has 1 unspecified atom stereocenters. The largest absolute Gasteiger partial charge is 0.493 e. The van der Waals surface area contributed by atoms with Crippen LogP contribution in [0.15, 0.2) is 42.5 Å². The Kier molecular flexibility index (Phi) is 4.52. The van der Waals surface area contributed by atoms with Crippen molar-refractivity contribution in [2.24, 2.45) is 0 Å². The number of ketones is 1. The van der Waals surface area contributed by atoms with Gasteiger partial charge in [0.2, 0.25) is 10.0 Å². The van der Waals surface area contributed by atoms with E-state index >= 15 is 0 Å². The second-order valence-corrected chi connectivity index (χ2v) is 10.1. The van der Waals surface area contributed by atoms with Gasteiger partial charge in [0.05, 0.1) is 25.1 Å². The summed E-state index contributed by atoms with van der Waals surface area (Å²) in [5.41, 5.74) is 0.969. The number of amides is 3. The zero-order chi connectivity index (χ0) is 22.7. The van der Waals surface area contributed by atoms with Crippen LogP contribution in [0.3, 0.4) is 0 Å². The predicted molar refractivity (Wildman–Crippen MR) is 115 cm³/mol. The maximum absolute atomic E-state index is 13.3. The maximum Gasteiger partial charge on any atom is 0.325 e. The Labute approximate surface area is 185 Å². The lowest BCUT2D eigenvalue weighted by atomic mass is 9.84. The van der Waals surface area contributed by atoms with Crippen LogP contribution in [0.25, 0.3) is 0 Å². The number of fused-ring (bicyclic) bond motifs is 3. The van der Waals surface area contributed by atoms with Crippen molar-refractivity contribution < 1.29 is 27.5 Å². The first-order valence-corrected chi connectivity index (χ1v) is 12.1. The predicted octanol–water partition coefficient (Wildman–Crippen LogP) is 1.42. The van der Waals surface area contributed by atoms with Crippen LogP contribution in [0.4, 0.5) is 10.5 Å². The lowest BCUT2D eigenvalue weighted by Crippen LogP contribution is -2.47. The standard InChI is InChI=1S/C22H21N3O6S/c1-32(29,30)25-10-8-14-12-15(6-7-17(14)25)18(26)13-24-20(27)22(23-21(24)28)9-11-31-19-5-3-2-4-16(19)22/h2-7,12H,8-11,13H2,1H3,(H,23,28). The average Bonchev–Trinajstić information content (AvgIpc) is 3.29. The Hall–Kier alpha value is -3.40. The summed E-state index contributed by atoms with van der Waals surface area (Å²) in [6, 6.07) is 11.2. The molecule has 0 saturated carbocycles. The van der Waals surface area contributed by atoms with Gasteiger partial charge in [-0.1, -0.05) is 18.2 Å². The number of sulfonamides is 1. The van der Waals surface area contributed by atoms with E-state index in [2.05, 4.69) is 5.32 Å². The fourth-order valence-electron chi connectivity index (χ4n) is 4.64. The molecule has 3 heterocycles. The summed E-state index contributed by atoms with van der Waals surface area (Å²) in [7, 11) is -3.39. The van der Waals surface area contributed by atoms with Crippen LogP contribution in [-0.4, -0.2) is 57.0 Å². The van der Waals surface area contributed by atoms with Crippen molar-refractivity contribution in [3.8, 4) is 5.75 Å². The van der Waals surface area contributed by atoms with Gasteiger partial charge in [-0.15, -0.1) is 0 Å². The van der Waals surface area contributed by atoms with Crippen molar-refractivity contribution in [1.82, 2.24) is 10.2 Å². The van der Waals surface area contributed by atoms with Crippen molar-refractivity contribution in [3.63, 3.8) is 0 Å². The van der Waals surface area contributed by atoms with E-state index in [0.29, 0.717) is 35.5 Å². The van der Waals surface area contributed by atoms with Crippen molar-refractivity contribution >= 4 is 33.4 Å². The van der Waals surface area contributed by atoms with E-state index in [4.69, 9.17) is 4.74 Å². The van der Waals surface area contributed by atoms with Gasteiger partial charge in [0, 0.05) is 24.1 Å². The third kappa shape index (κ3) is 3.05. The van der Waals surface area contributed by atoms with E-state index in [9.17, 15) is 22.8 Å². The number of nitrogens with one attached hydrogen (secondary N) is 1. The molecule has 9 nitrogen and oxygen atoms in total. The number of nitrogens with zero attached hydrogens (tertiary/aromatic N) is 2. The molecule has 1 spiro atoms. The van der Waals surface area contributed by atoms with Gasteiger partial charge in [0.15, 0.2) is 11.3 Å². The summed E-state index contributed by atoms with van der Waals surface area (Å²) in [4.78, 5) is 39.9. The smallest absolute Gasteiger partial charge is 0.325 e. The van der Waals surface area contributed by atoms with E-state index in [1.807, 2.05) is 0 Å². The van der Waals surface area contributed by atoms with Crippen LogP contribution in [0.2, 0.25) is 0 Å². The van der Waals surface area contributed by atoms with Crippen LogP contribution in [0.1, 0.15) is 27.9 Å². The monoisotopic (exact) mass is 455 g/mol. The average molecular weight is 455 g/mol. The quantitative estimate of drug-likeness (QED) is 0.551. The van der Waals surface area contributed by atoms with Crippen LogP contribution in [-0.2, 0) is 26.8 Å². The topological polar surface area (TPSA) is 113 Å². The van der Waals surface area contributed by atoms with Crippen molar-refractivity contribution in [1.29, 1.82) is 0 Å². The SMILES string of the molecule is CS(=O)(=O)N1CCc2cc(C(=O)CN3C(=O)NC4(CCOc5ccccc54)C3=O)ccc21. The maximum atomic E-state index is 13.3. The second kappa shape index (κ2) is 7.06. The molecule has 166 valence electrons. The van der Waals surface area contributed by atoms with Gasteiger partial charge >= 0.3 is 6.03 Å². The third-order valence-electron chi connectivity index (χ3n) is 6.21. The number of hydrogen-bond donors (Lipinski definition) is 1. The zero-order valence-electron chi connectivity index (χ0n) is 17.3. The van der Waals surface area contributed by atoms with Crippen molar-refractivity contribution in [3.05, 3.63) is 59.2 Å². The summed E-state index contributed by atoms with van der Waals surface area (Å²) in [6.45, 7) is 0.194. The molecule has 1 atom stereocenters. The van der Waals surface area contributed by atoms with Crippen molar-refractivity contribution in [2.75, 3.05) is 30.3 Å². The molecule has 10 heteroatoms. The molecule has 32 heavy (non-hydrogen) atoms. The van der Waals surface area contributed by atoms with Crippen LogP contribution < -0.4 is 14.4 Å². The molecule has 1 N–H and O–H groups in total. The number of benzene rings is 2. The van der Waals surface area contributed by atoms with Gasteiger partial charge in [0.1, 0.15) is 5.75 Å². The highest BCUT2D eigenvalue weighted by Gasteiger charge is 2.55. The molecule has 1 fully saturated rings. The molecule has 2 aromatic rings. The Bertz CT molecular complexity index is 1270. The number of carbonyl (C=O) groups excluding carboxylic acids is 3. The first-order chi connectivity index (χ1) is 15.2. The minimum atomic E-state index is -3.39. The molecular weight excluding hydrogens is 434 g/mol. The first kappa shape index (κ1) is 20.5. The van der Waals surface area contributed by atoms with Crippen molar-refractivity contribution in [2.45, 2.75) is 18.4 Å². The number of hydrogen-bond acceptors (Lipinski definition) is 6. The van der Waals surface area contributed by atoms with E-state index < -0.39 is 39.8 Å². The van der Waals surface area contributed by atoms with E-state index in [-0.39, 0.29) is 13.0 Å². The summed E-state index contributed by atoms with van der Waals surface area (Å²) in [5, 5.41) is 2.78. The van der Waals surface area contributed by atoms with Gasteiger partial charge < -0.3 is 10.1 Å². The van der Waals surface area contributed by atoms with Crippen LogP contribution in [0.5, 0.6) is 5.75 Å². The molecule has 3 amide bonds. The number of para-hydroxylation sites is 1. The second-order valence-electron chi connectivity index (χ2n) is 8.17. The van der Waals surface area contributed by atoms with Crippen LogP contribution >= 0.6 is 0 Å². The molecule has 0 aliphatic carbocycles. The Morgan fingerprint density at radius 1 is 1.19 bits per heavy atom. The lowest BCUT2D eigenvalue weighted by molar-refractivity contribution is -0.132. The highest BCUT2D eigenvalue weighted by atomic mass is 32.2. The van der Waals surface area contributed by atoms with Gasteiger partial charge in [-0.3, -0.25) is 18.8 Å². The Morgan fingerprint density at radius 3 is 2.75 bits per heavy atom. The molecular formula is C22H21N3O6S. The fraction of sp³-hybridized carbons (Fsp3) is 0.318. The molecule has 5 rings (SSSR count). The minimum absolute atomic E-state index is 0.270. The van der Waals surface area contributed by atoms with Gasteiger partial charge in [-0.25, -0.2) is 13.2 Å². The Morgan fingerprint density at radius 2 is 1.97 bits per heavy atom. The van der Waals surface area contributed by atoms with Gasteiger partial charge in [-0.05, 0) is 36.2 Å². The number of urea groups is 1. The molecule has 3 aliphatic rings. The summed E-state index contributed by atoms with van der Waals surface area (Å²) < 4.78 is 30.8. The molecule has 1 saturated heterocycles. The Balaban J connectivity index is 1.40. The summed E-state index contributed by atoms with van der Waals surface area (Å²) in [6.07, 6.45) is 1.91. The summed E-state index contributed by atoms with van der Waals surface area (Å²) in [5.74, 6) is -0.336. The van der Waals surface area contributed by atoms with Gasteiger partial charge in [0.25, 0.3) is 5.91 Å². The summed E-state index contributed by atoms with van der Waals surface area (Å²) >= 11 is 0. The normalized spacial score (nSPS) is 21.9. The molecule has 3 aliphatic heterocycles. The third-order valence-corrected chi connectivity index (χ3v) is 7.39. The highest BCUT2D eigenvalue weighted by Crippen LogP contribution is 2.41. The molecule has 0 aromatic heterocycles. The number of imide groups is 1. The number of carbonyl (C=O) groups is 3. The molecule has 0 bridgehead atoms. The number of Topliss-reactive ketones (excluding diaryl/α,β-unsaturated/α-hetero) is 1. The number of ether oxygens (including phenoxy) is 1. The lowest BCUT2D eigenvalue weighted by Gasteiger charge is -2.33. The van der Waals surface area contributed by atoms with E-state index in [1.165, 1.54) is 10.4 Å². The molecule has 0 radical (unpaired) electrons. The van der Waals surface area contributed by atoms with Gasteiger partial charge in [-0.2, -0.15) is 0 Å². The van der Waals surface area contributed by atoms with E-state index in [0.717, 1.165) is 16.7 Å².